The van der Waals surface area contributed by atoms with E-state index in [2.05, 4.69) is 18.3 Å². The van der Waals surface area contributed by atoms with Crippen LogP contribution in [-0.4, -0.2) is 12.6 Å². The molecule has 0 spiro atoms. The molecule has 0 bridgehead atoms. The van der Waals surface area contributed by atoms with E-state index in [0.717, 1.165) is 12.5 Å². The Kier molecular flexibility index (Phi) is 2.70. The molecule has 0 aromatic carbocycles. The smallest absolute Gasteiger partial charge is 0.0638 e. The van der Waals surface area contributed by atoms with Crippen LogP contribution >= 0.6 is 0 Å². The van der Waals surface area contributed by atoms with Crippen LogP contribution in [0.1, 0.15) is 26.2 Å². The van der Waals surface area contributed by atoms with E-state index in [0.29, 0.717) is 12.5 Å². The molecule has 0 amide bonds. The molecule has 1 aliphatic carbocycles. The topological polar surface area (TPSA) is 35.8 Å². The molecule has 1 unspecified atom stereocenters. The van der Waals surface area contributed by atoms with Gasteiger partial charge in [-0.3, -0.25) is 0 Å². The molecule has 0 aliphatic heterocycles. The van der Waals surface area contributed by atoms with Gasteiger partial charge < -0.3 is 5.32 Å². The van der Waals surface area contributed by atoms with Crippen molar-refractivity contribution in [3.05, 3.63) is 0 Å². The third-order valence-electron chi connectivity index (χ3n) is 1.85. The van der Waals surface area contributed by atoms with Crippen LogP contribution in [0.15, 0.2) is 0 Å². The predicted molar refractivity (Wildman–Crippen MR) is 40.4 cm³/mol. The van der Waals surface area contributed by atoms with Gasteiger partial charge in [0.15, 0.2) is 0 Å². The molecule has 10 heavy (non-hydrogen) atoms. The number of rotatable bonds is 4. The Balaban J connectivity index is 1.95. The number of hydrogen-bond acceptors (Lipinski definition) is 2. The van der Waals surface area contributed by atoms with E-state index in [1.54, 1.807) is 0 Å². The molecule has 0 radical (unpaired) electrons. The van der Waals surface area contributed by atoms with Crippen LogP contribution < -0.4 is 5.32 Å². The molecular formula is C8H14N2. The van der Waals surface area contributed by atoms with Gasteiger partial charge in [0.25, 0.3) is 0 Å². The molecule has 2 heteroatoms. The number of nitrogens with zero attached hydrogens (tertiary/aromatic N) is 1. The first-order valence-corrected chi connectivity index (χ1v) is 3.93. The van der Waals surface area contributed by atoms with Crippen LogP contribution in [0.3, 0.4) is 0 Å². The number of nitriles is 1. The van der Waals surface area contributed by atoms with E-state index in [-0.39, 0.29) is 0 Å². The normalized spacial score (nSPS) is 20.0. The molecule has 0 aromatic heterocycles. The van der Waals surface area contributed by atoms with Gasteiger partial charge in [-0.2, -0.15) is 5.26 Å². The van der Waals surface area contributed by atoms with Gasteiger partial charge in [0.2, 0.25) is 0 Å². The van der Waals surface area contributed by atoms with Gasteiger partial charge >= 0.3 is 0 Å². The minimum atomic E-state index is 0.380. The molecular weight excluding hydrogens is 124 g/mol. The van der Waals surface area contributed by atoms with Crippen molar-refractivity contribution >= 4 is 0 Å². The minimum absolute atomic E-state index is 0.380. The lowest BCUT2D eigenvalue weighted by molar-refractivity contribution is 0.535. The molecule has 1 aliphatic rings. The highest BCUT2D eigenvalue weighted by Gasteiger charge is 2.20. The quantitative estimate of drug-likeness (QED) is 0.635. The van der Waals surface area contributed by atoms with E-state index >= 15 is 0 Å². The van der Waals surface area contributed by atoms with Crippen LogP contribution in [0.2, 0.25) is 0 Å². The molecule has 1 fully saturated rings. The third kappa shape index (κ3) is 2.84. The summed E-state index contributed by atoms with van der Waals surface area (Å²) >= 11 is 0. The first-order valence-electron chi connectivity index (χ1n) is 3.93. The van der Waals surface area contributed by atoms with Crippen LogP contribution in [-0.2, 0) is 0 Å². The van der Waals surface area contributed by atoms with Crippen molar-refractivity contribution in [1.29, 1.82) is 5.26 Å². The number of hydrogen-bond donors (Lipinski definition) is 1. The Morgan fingerprint density at radius 3 is 2.90 bits per heavy atom. The average molecular weight is 138 g/mol. The van der Waals surface area contributed by atoms with Crippen LogP contribution in [0, 0.1) is 17.2 Å². The largest absolute Gasteiger partial charge is 0.313 e. The highest BCUT2D eigenvalue weighted by molar-refractivity contribution is 4.81. The van der Waals surface area contributed by atoms with E-state index in [4.69, 9.17) is 5.26 Å². The maximum atomic E-state index is 8.33. The third-order valence-corrected chi connectivity index (χ3v) is 1.85. The maximum absolute atomic E-state index is 8.33. The molecule has 1 N–H and O–H groups in total. The highest BCUT2D eigenvalue weighted by atomic mass is 14.9. The SMILES string of the molecule is CC(CC#N)NCC1CC1. The summed E-state index contributed by atoms with van der Waals surface area (Å²) in [5, 5.41) is 11.7. The Hall–Kier alpha value is -0.550. The van der Waals surface area contributed by atoms with Gasteiger partial charge in [-0.15, -0.1) is 0 Å². The van der Waals surface area contributed by atoms with Crippen molar-refractivity contribution in [2.45, 2.75) is 32.2 Å². The van der Waals surface area contributed by atoms with Crippen molar-refractivity contribution in [3.8, 4) is 6.07 Å². The van der Waals surface area contributed by atoms with Gasteiger partial charge in [-0.05, 0) is 32.2 Å². The second kappa shape index (κ2) is 3.58. The molecule has 0 heterocycles. The average Bonchev–Trinajstić information content (AvgIpc) is 2.67. The van der Waals surface area contributed by atoms with E-state index < -0.39 is 0 Å². The highest BCUT2D eigenvalue weighted by Crippen LogP contribution is 2.27. The second-order valence-corrected chi connectivity index (χ2v) is 3.11. The summed E-state index contributed by atoms with van der Waals surface area (Å²) in [6, 6.07) is 2.53. The van der Waals surface area contributed by atoms with Crippen LogP contribution in [0.5, 0.6) is 0 Å². The van der Waals surface area contributed by atoms with E-state index in [9.17, 15) is 0 Å². The van der Waals surface area contributed by atoms with Gasteiger partial charge in [-0.1, -0.05) is 0 Å². The zero-order valence-corrected chi connectivity index (χ0v) is 6.43. The van der Waals surface area contributed by atoms with Gasteiger partial charge in [0.1, 0.15) is 0 Å². The fourth-order valence-corrected chi connectivity index (χ4v) is 0.899. The zero-order chi connectivity index (χ0) is 7.40. The lowest BCUT2D eigenvalue weighted by atomic mass is 10.2. The molecule has 56 valence electrons. The lowest BCUT2D eigenvalue weighted by Crippen LogP contribution is -2.27. The standard InChI is InChI=1S/C8H14N2/c1-7(4-5-9)10-6-8-2-3-8/h7-8,10H,2-4,6H2,1H3. The van der Waals surface area contributed by atoms with Crippen LogP contribution in [0.4, 0.5) is 0 Å². The van der Waals surface area contributed by atoms with Crippen molar-refractivity contribution in [2.75, 3.05) is 6.54 Å². The summed E-state index contributed by atoms with van der Waals surface area (Å²) < 4.78 is 0. The fourth-order valence-electron chi connectivity index (χ4n) is 0.899. The minimum Gasteiger partial charge on any atom is -0.313 e. The Morgan fingerprint density at radius 1 is 1.70 bits per heavy atom. The molecule has 1 rings (SSSR count). The Morgan fingerprint density at radius 2 is 2.40 bits per heavy atom. The molecule has 1 saturated carbocycles. The van der Waals surface area contributed by atoms with E-state index in [1.165, 1.54) is 12.8 Å². The van der Waals surface area contributed by atoms with Crippen molar-refractivity contribution in [1.82, 2.24) is 5.32 Å². The Bertz CT molecular complexity index is 133. The summed E-state index contributed by atoms with van der Waals surface area (Å²) in [4.78, 5) is 0. The molecule has 0 saturated heterocycles. The molecule has 2 nitrogen and oxygen atoms in total. The predicted octanol–water partition coefficient (Wildman–Crippen LogP) is 1.29. The second-order valence-electron chi connectivity index (χ2n) is 3.11. The van der Waals surface area contributed by atoms with Gasteiger partial charge in [0.05, 0.1) is 12.5 Å². The summed E-state index contributed by atoms with van der Waals surface area (Å²) in [7, 11) is 0. The molecule has 1 atom stereocenters. The summed E-state index contributed by atoms with van der Waals surface area (Å²) in [5.74, 6) is 0.918. The monoisotopic (exact) mass is 138 g/mol. The van der Waals surface area contributed by atoms with E-state index in [1.807, 2.05) is 0 Å². The zero-order valence-electron chi connectivity index (χ0n) is 6.43. The van der Waals surface area contributed by atoms with Gasteiger partial charge in [-0.25, -0.2) is 0 Å². The Labute approximate surface area is 62.2 Å². The fraction of sp³-hybridized carbons (Fsp3) is 0.875. The van der Waals surface area contributed by atoms with Crippen molar-refractivity contribution < 1.29 is 0 Å². The van der Waals surface area contributed by atoms with Crippen molar-refractivity contribution in [2.24, 2.45) is 5.92 Å². The summed E-state index contributed by atoms with van der Waals surface area (Å²) in [5.41, 5.74) is 0. The number of nitrogens with one attached hydrogen (secondary N) is 1. The van der Waals surface area contributed by atoms with Crippen LogP contribution in [0.25, 0.3) is 0 Å². The van der Waals surface area contributed by atoms with Gasteiger partial charge in [0, 0.05) is 6.04 Å². The first kappa shape index (κ1) is 7.56. The lowest BCUT2D eigenvalue weighted by Gasteiger charge is -2.07. The summed E-state index contributed by atoms with van der Waals surface area (Å²) in [6.07, 6.45) is 3.39. The van der Waals surface area contributed by atoms with Crippen molar-refractivity contribution in [3.63, 3.8) is 0 Å². The maximum Gasteiger partial charge on any atom is 0.0638 e. The summed E-state index contributed by atoms with van der Waals surface area (Å²) in [6.45, 7) is 3.18. The first-order chi connectivity index (χ1) is 4.83. The molecule has 0 aromatic rings.